The molecule has 0 unspecified atom stereocenters. The van der Waals surface area contributed by atoms with E-state index in [9.17, 15) is 4.39 Å². The first-order valence-corrected chi connectivity index (χ1v) is 6.84. The third-order valence-electron chi connectivity index (χ3n) is 2.97. The average Bonchev–Trinajstić information content (AvgIpc) is 2.74. The van der Waals surface area contributed by atoms with Crippen molar-refractivity contribution in [1.29, 1.82) is 0 Å². The maximum absolute atomic E-state index is 13.1. The van der Waals surface area contributed by atoms with Gasteiger partial charge >= 0.3 is 0 Å². The van der Waals surface area contributed by atoms with Gasteiger partial charge in [-0.3, -0.25) is 0 Å². The van der Waals surface area contributed by atoms with Crippen molar-refractivity contribution < 1.29 is 4.39 Å². The molecule has 0 amide bonds. The highest BCUT2D eigenvalue weighted by Gasteiger charge is 2.06. The van der Waals surface area contributed by atoms with E-state index in [1.54, 1.807) is 6.07 Å². The Hall–Kier alpha value is -1.94. The average molecular weight is 272 g/mol. The van der Waals surface area contributed by atoms with Crippen LogP contribution in [0, 0.1) is 19.7 Å². The van der Waals surface area contributed by atoms with Gasteiger partial charge in [0.05, 0.1) is 10.2 Å². The first-order chi connectivity index (χ1) is 9.11. The van der Waals surface area contributed by atoms with E-state index in [0.29, 0.717) is 5.52 Å². The minimum absolute atomic E-state index is 0.254. The fraction of sp³-hybridized carbons (Fsp3) is 0.133. The zero-order valence-electron chi connectivity index (χ0n) is 10.7. The number of thiazole rings is 1. The van der Waals surface area contributed by atoms with E-state index in [0.717, 1.165) is 15.5 Å². The Morgan fingerprint density at radius 2 is 1.95 bits per heavy atom. The summed E-state index contributed by atoms with van der Waals surface area (Å²) in [5, 5.41) is 4.08. The summed E-state index contributed by atoms with van der Waals surface area (Å²) in [4.78, 5) is 4.40. The number of nitrogens with zero attached hydrogens (tertiary/aromatic N) is 1. The molecule has 0 saturated heterocycles. The smallest absolute Gasteiger partial charge is 0.188 e. The fourth-order valence-corrected chi connectivity index (χ4v) is 2.88. The van der Waals surface area contributed by atoms with Gasteiger partial charge in [-0.1, -0.05) is 29.0 Å². The first kappa shape index (κ1) is 12.1. The molecule has 0 atom stereocenters. The second kappa shape index (κ2) is 4.63. The van der Waals surface area contributed by atoms with Gasteiger partial charge in [0.1, 0.15) is 5.82 Å². The van der Waals surface area contributed by atoms with Crippen molar-refractivity contribution in [2.75, 3.05) is 5.32 Å². The molecule has 0 aliphatic rings. The number of benzene rings is 2. The van der Waals surface area contributed by atoms with Crippen LogP contribution in [-0.4, -0.2) is 4.98 Å². The van der Waals surface area contributed by atoms with Crippen LogP contribution in [0.5, 0.6) is 0 Å². The molecule has 3 aromatic rings. The molecular weight excluding hydrogens is 259 g/mol. The summed E-state index contributed by atoms with van der Waals surface area (Å²) in [6, 6.07) is 10.9. The van der Waals surface area contributed by atoms with Crippen molar-refractivity contribution in [3.05, 3.63) is 53.3 Å². The van der Waals surface area contributed by atoms with Gasteiger partial charge in [0.25, 0.3) is 0 Å². The van der Waals surface area contributed by atoms with Crippen LogP contribution in [0.25, 0.3) is 10.2 Å². The van der Waals surface area contributed by atoms with Gasteiger partial charge in [0.15, 0.2) is 5.13 Å². The SMILES string of the molecule is Cc1ccc(Nc2nc3cc(F)ccc3s2)c(C)c1. The summed E-state index contributed by atoms with van der Waals surface area (Å²) < 4.78 is 14.1. The molecule has 2 aromatic carbocycles. The minimum Gasteiger partial charge on any atom is -0.331 e. The molecule has 0 spiro atoms. The van der Waals surface area contributed by atoms with Crippen molar-refractivity contribution in [3.8, 4) is 0 Å². The number of aryl methyl sites for hydroxylation is 2. The van der Waals surface area contributed by atoms with E-state index >= 15 is 0 Å². The first-order valence-electron chi connectivity index (χ1n) is 6.02. The van der Waals surface area contributed by atoms with Crippen LogP contribution in [0.4, 0.5) is 15.2 Å². The monoisotopic (exact) mass is 272 g/mol. The van der Waals surface area contributed by atoms with Gasteiger partial charge in [-0.05, 0) is 37.6 Å². The third kappa shape index (κ3) is 2.44. The van der Waals surface area contributed by atoms with Gasteiger partial charge in [0.2, 0.25) is 0 Å². The molecule has 96 valence electrons. The summed E-state index contributed by atoms with van der Waals surface area (Å²) in [5.74, 6) is -0.254. The van der Waals surface area contributed by atoms with Crippen LogP contribution >= 0.6 is 11.3 Å². The Morgan fingerprint density at radius 3 is 2.74 bits per heavy atom. The number of aromatic nitrogens is 1. The Morgan fingerprint density at radius 1 is 1.11 bits per heavy atom. The van der Waals surface area contributed by atoms with Crippen molar-refractivity contribution in [2.24, 2.45) is 0 Å². The van der Waals surface area contributed by atoms with Crippen LogP contribution in [0.3, 0.4) is 0 Å². The maximum atomic E-state index is 13.1. The predicted octanol–water partition coefficient (Wildman–Crippen LogP) is 4.80. The van der Waals surface area contributed by atoms with E-state index in [1.807, 2.05) is 6.07 Å². The number of nitrogens with one attached hydrogen (secondary N) is 1. The van der Waals surface area contributed by atoms with Gasteiger partial charge < -0.3 is 5.32 Å². The van der Waals surface area contributed by atoms with Crippen LogP contribution < -0.4 is 5.32 Å². The molecule has 0 fully saturated rings. The zero-order chi connectivity index (χ0) is 13.4. The molecular formula is C15H13FN2S. The van der Waals surface area contributed by atoms with Gasteiger partial charge in [-0.2, -0.15) is 0 Å². The highest BCUT2D eigenvalue weighted by atomic mass is 32.1. The Labute approximate surface area is 114 Å². The van der Waals surface area contributed by atoms with E-state index in [1.165, 1.54) is 34.6 Å². The van der Waals surface area contributed by atoms with Crippen LogP contribution in [0.15, 0.2) is 36.4 Å². The molecule has 1 heterocycles. The summed E-state index contributed by atoms with van der Waals surface area (Å²) >= 11 is 1.52. The van der Waals surface area contributed by atoms with Crippen LogP contribution in [0.1, 0.15) is 11.1 Å². The highest BCUT2D eigenvalue weighted by Crippen LogP contribution is 2.29. The van der Waals surface area contributed by atoms with E-state index < -0.39 is 0 Å². The van der Waals surface area contributed by atoms with Gasteiger partial charge in [0, 0.05) is 11.8 Å². The van der Waals surface area contributed by atoms with E-state index in [4.69, 9.17) is 0 Å². The number of anilines is 2. The number of hydrogen-bond acceptors (Lipinski definition) is 3. The lowest BCUT2D eigenvalue weighted by atomic mass is 10.1. The second-order valence-corrected chi connectivity index (χ2v) is 5.61. The molecule has 19 heavy (non-hydrogen) atoms. The standard InChI is InChI=1S/C15H13FN2S/c1-9-3-5-12(10(2)7-9)17-15-18-13-8-11(16)4-6-14(13)19-15/h3-8H,1-2H3,(H,17,18). The van der Waals surface area contributed by atoms with Crippen molar-refractivity contribution in [2.45, 2.75) is 13.8 Å². The molecule has 1 N–H and O–H groups in total. The number of rotatable bonds is 2. The second-order valence-electron chi connectivity index (χ2n) is 4.57. The van der Waals surface area contributed by atoms with Crippen molar-refractivity contribution in [3.63, 3.8) is 0 Å². The van der Waals surface area contributed by atoms with Crippen LogP contribution in [0.2, 0.25) is 0 Å². The lowest BCUT2D eigenvalue weighted by Gasteiger charge is -2.06. The summed E-state index contributed by atoms with van der Waals surface area (Å²) in [7, 11) is 0. The Kier molecular flexibility index (Phi) is 2.95. The topological polar surface area (TPSA) is 24.9 Å². The molecule has 0 aliphatic carbocycles. The molecule has 3 rings (SSSR count). The van der Waals surface area contributed by atoms with Crippen molar-refractivity contribution in [1.82, 2.24) is 4.98 Å². The zero-order valence-corrected chi connectivity index (χ0v) is 11.5. The van der Waals surface area contributed by atoms with Gasteiger partial charge in [-0.15, -0.1) is 0 Å². The molecule has 0 saturated carbocycles. The normalized spacial score (nSPS) is 10.9. The maximum Gasteiger partial charge on any atom is 0.188 e. The molecule has 2 nitrogen and oxygen atoms in total. The number of hydrogen-bond donors (Lipinski definition) is 1. The highest BCUT2D eigenvalue weighted by molar-refractivity contribution is 7.22. The molecule has 0 aliphatic heterocycles. The lowest BCUT2D eigenvalue weighted by molar-refractivity contribution is 0.629. The fourth-order valence-electron chi connectivity index (χ4n) is 2.02. The quantitative estimate of drug-likeness (QED) is 0.725. The number of fused-ring (bicyclic) bond motifs is 1. The lowest BCUT2D eigenvalue weighted by Crippen LogP contribution is -1.92. The molecule has 0 bridgehead atoms. The summed E-state index contributed by atoms with van der Waals surface area (Å²) in [6.07, 6.45) is 0. The Bertz CT molecular complexity index is 749. The third-order valence-corrected chi connectivity index (χ3v) is 3.92. The van der Waals surface area contributed by atoms with Gasteiger partial charge in [-0.25, -0.2) is 9.37 Å². The van der Waals surface area contributed by atoms with Crippen LogP contribution in [-0.2, 0) is 0 Å². The largest absolute Gasteiger partial charge is 0.331 e. The molecule has 0 radical (unpaired) electrons. The predicted molar refractivity (Wildman–Crippen MR) is 78.8 cm³/mol. The minimum atomic E-state index is -0.254. The molecule has 1 aromatic heterocycles. The Balaban J connectivity index is 1.96. The van der Waals surface area contributed by atoms with E-state index in [-0.39, 0.29) is 5.82 Å². The number of halogens is 1. The summed E-state index contributed by atoms with van der Waals surface area (Å²) in [5.41, 5.74) is 4.13. The van der Waals surface area contributed by atoms with E-state index in [2.05, 4.69) is 36.3 Å². The van der Waals surface area contributed by atoms with Crippen molar-refractivity contribution >= 4 is 32.4 Å². The summed E-state index contributed by atoms with van der Waals surface area (Å²) in [6.45, 7) is 4.12. The molecule has 4 heteroatoms.